The van der Waals surface area contributed by atoms with E-state index < -0.39 is 12.0 Å². The fraction of sp³-hybridized carbons (Fsp3) is 0.125. The highest BCUT2D eigenvalue weighted by Gasteiger charge is 2.18. The number of para-hydroxylation sites is 1. The third kappa shape index (κ3) is 1.91. The molecule has 1 aromatic carbocycles. The van der Waals surface area contributed by atoms with Gasteiger partial charge >= 0.3 is 5.97 Å². The number of benzene rings is 1. The Morgan fingerprint density at radius 2 is 2.15 bits per heavy atom. The first-order valence-electron chi connectivity index (χ1n) is 3.50. The Morgan fingerprint density at radius 3 is 2.69 bits per heavy atom. The molecule has 0 aliphatic carbocycles. The smallest absolute Gasteiger partial charge is 0.325 e. The van der Waals surface area contributed by atoms with Crippen LogP contribution in [0.1, 0.15) is 11.6 Å². The average Bonchev–Trinajstić information content (AvgIpc) is 2.08. The third-order valence-electron chi connectivity index (χ3n) is 1.62. The van der Waals surface area contributed by atoms with Gasteiger partial charge in [0, 0.05) is 5.56 Å². The number of halogens is 1. The molecule has 0 aliphatic heterocycles. The predicted molar refractivity (Wildman–Crippen MR) is 47.7 cm³/mol. The molecule has 1 atom stereocenters. The summed E-state index contributed by atoms with van der Waals surface area (Å²) in [5.74, 6) is -1.49. The summed E-state index contributed by atoms with van der Waals surface area (Å²) < 4.78 is 0. The first-order chi connectivity index (χ1) is 6.04. The van der Waals surface area contributed by atoms with E-state index in [9.17, 15) is 9.90 Å². The van der Waals surface area contributed by atoms with E-state index in [-0.39, 0.29) is 16.3 Å². The van der Waals surface area contributed by atoms with Gasteiger partial charge in [-0.05, 0) is 6.07 Å². The number of rotatable bonds is 2. The maximum atomic E-state index is 10.5. The van der Waals surface area contributed by atoms with Gasteiger partial charge in [0.05, 0.1) is 5.02 Å². The summed E-state index contributed by atoms with van der Waals surface area (Å²) in [5.41, 5.74) is 5.40. The lowest BCUT2D eigenvalue weighted by Gasteiger charge is -2.09. The Balaban J connectivity index is 3.15. The van der Waals surface area contributed by atoms with Crippen molar-refractivity contribution in [1.82, 2.24) is 0 Å². The molecule has 0 heterocycles. The minimum Gasteiger partial charge on any atom is -0.506 e. The van der Waals surface area contributed by atoms with Gasteiger partial charge in [-0.25, -0.2) is 0 Å². The van der Waals surface area contributed by atoms with Crippen LogP contribution in [0.4, 0.5) is 0 Å². The average molecular weight is 202 g/mol. The van der Waals surface area contributed by atoms with Gasteiger partial charge in [0.15, 0.2) is 0 Å². The highest BCUT2D eigenvalue weighted by molar-refractivity contribution is 6.32. The van der Waals surface area contributed by atoms with Gasteiger partial charge in [0.25, 0.3) is 0 Å². The van der Waals surface area contributed by atoms with E-state index in [1.807, 2.05) is 0 Å². The molecule has 5 heteroatoms. The van der Waals surface area contributed by atoms with Crippen molar-refractivity contribution >= 4 is 17.6 Å². The lowest BCUT2D eigenvalue weighted by atomic mass is 10.1. The van der Waals surface area contributed by atoms with Crippen LogP contribution in [0, 0.1) is 0 Å². The van der Waals surface area contributed by atoms with Crippen LogP contribution in [0.2, 0.25) is 5.02 Å². The number of phenolic OH excluding ortho intramolecular Hbond substituents is 1. The topological polar surface area (TPSA) is 83.6 Å². The molecular weight excluding hydrogens is 194 g/mol. The summed E-state index contributed by atoms with van der Waals surface area (Å²) in [5, 5.41) is 18.0. The van der Waals surface area contributed by atoms with E-state index in [1.54, 1.807) is 0 Å². The number of carboxylic acid groups (broad SMARTS) is 1. The van der Waals surface area contributed by atoms with Crippen LogP contribution in [0.5, 0.6) is 5.75 Å². The molecule has 13 heavy (non-hydrogen) atoms. The van der Waals surface area contributed by atoms with E-state index in [0.717, 1.165) is 0 Å². The maximum Gasteiger partial charge on any atom is 0.325 e. The summed E-state index contributed by atoms with van der Waals surface area (Å²) >= 11 is 5.56. The lowest BCUT2D eigenvalue weighted by molar-refractivity contribution is -0.138. The van der Waals surface area contributed by atoms with Crippen LogP contribution in [0.15, 0.2) is 18.2 Å². The molecule has 0 spiro atoms. The van der Waals surface area contributed by atoms with Crippen LogP contribution in [0.25, 0.3) is 0 Å². The molecule has 0 aromatic heterocycles. The highest BCUT2D eigenvalue weighted by atomic mass is 35.5. The molecule has 1 aromatic rings. The molecule has 0 bridgehead atoms. The summed E-state index contributed by atoms with van der Waals surface area (Å²) in [6.07, 6.45) is 0. The zero-order valence-electron chi connectivity index (χ0n) is 6.57. The SMILES string of the molecule is NC(C(=O)O)c1cccc(Cl)c1O. The van der Waals surface area contributed by atoms with Crippen molar-refractivity contribution in [2.75, 3.05) is 0 Å². The van der Waals surface area contributed by atoms with Crippen molar-refractivity contribution in [3.05, 3.63) is 28.8 Å². The summed E-state index contributed by atoms with van der Waals surface area (Å²) in [7, 11) is 0. The zero-order valence-corrected chi connectivity index (χ0v) is 7.32. The number of hydrogen-bond acceptors (Lipinski definition) is 3. The number of carboxylic acids is 1. The Kier molecular flexibility index (Phi) is 2.75. The number of aliphatic carboxylic acids is 1. The first kappa shape index (κ1) is 9.83. The minimum absolute atomic E-state index is 0.0919. The second kappa shape index (κ2) is 3.64. The second-order valence-corrected chi connectivity index (χ2v) is 2.90. The normalized spacial score (nSPS) is 12.5. The molecule has 0 radical (unpaired) electrons. The molecule has 0 saturated carbocycles. The second-order valence-electron chi connectivity index (χ2n) is 2.49. The fourth-order valence-electron chi connectivity index (χ4n) is 0.916. The van der Waals surface area contributed by atoms with Crippen LogP contribution in [-0.2, 0) is 4.79 Å². The van der Waals surface area contributed by atoms with E-state index in [0.29, 0.717) is 0 Å². The number of hydrogen-bond donors (Lipinski definition) is 3. The van der Waals surface area contributed by atoms with Crippen LogP contribution in [-0.4, -0.2) is 16.2 Å². The summed E-state index contributed by atoms with van der Waals surface area (Å²) in [6, 6.07) is 3.15. The Bertz CT molecular complexity index is 340. The van der Waals surface area contributed by atoms with Gasteiger partial charge in [-0.15, -0.1) is 0 Å². The number of phenols is 1. The molecule has 0 saturated heterocycles. The number of aromatic hydroxyl groups is 1. The molecule has 0 amide bonds. The van der Waals surface area contributed by atoms with Gasteiger partial charge in [0.1, 0.15) is 11.8 Å². The van der Waals surface area contributed by atoms with Gasteiger partial charge in [0.2, 0.25) is 0 Å². The minimum atomic E-state index is -1.25. The third-order valence-corrected chi connectivity index (χ3v) is 1.92. The van der Waals surface area contributed by atoms with Crippen molar-refractivity contribution in [2.24, 2.45) is 5.73 Å². The van der Waals surface area contributed by atoms with Gasteiger partial charge in [-0.1, -0.05) is 23.7 Å². The van der Waals surface area contributed by atoms with Crippen molar-refractivity contribution in [3.63, 3.8) is 0 Å². The fourth-order valence-corrected chi connectivity index (χ4v) is 1.10. The monoisotopic (exact) mass is 201 g/mol. The largest absolute Gasteiger partial charge is 0.506 e. The van der Waals surface area contributed by atoms with Crippen LogP contribution < -0.4 is 5.73 Å². The molecule has 1 rings (SSSR count). The molecular formula is C8H8ClNO3. The molecule has 4 N–H and O–H groups in total. The van der Waals surface area contributed by atoms with Gasteiger partial charge < -0.3 is 15.9 Å². The number of carbonyl (C=O) groups is 1. The van der Waals surface area contributed by atoms with Crippen molar-refractivity contribution in [3.8, 4) is 5.75 Å². The van der Waals surface area contributed by atoms with Crippen LogP contribution >= 0.6 is 11.6 Å². The van der Waals surface area contributed by atoms with Crippen molar-refractivity contribution in [2.45, 2.75) is 6.04 Å². The summed E-state index contributed by atoms with van der Waals surface area (Å²) in [4.78, 5) is 10.5. The molecule has 70 valence electrons. The first-order valence-corrected chi connectivity index (χ1v) is 3.87. The Labute approximate surface area is 79.6 Å². The van der Waals surface area contributed by atoms with Crippen molar-refractivity contribution in [1.29, 1.82) is 0 Å². The Hall–Kier alpha value is -1.26. The lowest BCUT2D eigenvalue weighted by Crippen LogP contribution is -2.20. The van der Waals surface area contributed by atoms with E-state index in [2.05, 4.69) is 0 Å². The van der Waals surface area contributed by atoms with E-state index in [1.165, 1.54) is 18.2 Å². The molecule has 0 fully saturated rings. The summed E-state index contributed by atoms with van der Waals surface area (Å²) in [6.45, 7) is 0. The quantitative estimate of drug-likeness (QED) is 0.670. The van der Waals surface area contributed by atoms with Gasteiger partial charge in [-0.3, -0.25) is 4.79 Å². The Morgan fingerprint density at radius 1 is 1.54 bits per heavy atom. The van der Waals surface area contributed by atoms with E-state index in [4.69, 9.17) is 22.4 Å². The molecule has 4 nitrogen and oxygen atoms in total. The molecule has 0 aliphatic rings. The van der Waals surface area contributed by atoms with Crippen molar-refractivity contribution < 1.29 is 15.0 Å². The predicted octanol–water partition coefficient (Wildman–Crippen LogP) is 1.13. The molecule has 1 unspecified atom stereocenters. The number of nitrogens with two attached hydrogens (primary N) is 1. The van der Waals surface area contributed by atoms with Gasteiger partial charge in [-0.2, -0.15) is 0 Å². The highest BCUT2D eigenvalue weighted by Crippen LogP contribution is 2.30. The van der Waals surface area contributed by atoms with Crippen LogP contribution in [0.3, 0.4) is 0 Å². The van der Waals surface area contributed by atoms with E-state index >= 15 is 0 Å². The maximum absolute atomic E-state index is 10.5. The standard InChI is InChI=1S/C8H8ClNO3/c9-5-3-1-2-4(7(5)11)6(10)8(12)13/h1-3,6,11H,10H2,(H,12,13). The zero-order chi connectivity index (χ0) is 10.0.